The van der Waals surface area contributed by atoms with Crippen molar-refractivity contribution in [2.45, 2.75) is 39.5 Å². The van der Waals surface area contributed by atoms with Gasteiger partial charge >= 0.3 is 10.2 Å². The molecule has 3 N–H and O–H groups in total. The van der Waals surface area contributed by atoms with Gasteiger partial charge in [0.2, 0.25) is 0 Å². The van der Waals surface area contributed by atoms with Crippen LogP contribution in [0.4, 0.5) is 0 Å². The van der Waals surface area contributed by atoms with Crippen LogP contribution in [-0.2, 0) is 10.2 Å². The van der Waals surface area contributed by atoms with Crippen molar-refractivity contribution in [2.24, 2.45) is 22.0 Å². The lowest BCUT2D eigenvalue weighted by Crippen LogP contribution is -2.36. The first-order valence-electron chi connectivity index (χ1n) is 6.00. The van der Waals surface area contributed by atoms with Gasteiger partial charge in [-0.15, -0.1) is 4.40 Å². The van der Waals surface area contributed by atoms with Crippen LogP contribution in [0.25, 0.3) is 0 Å². The molecule has 1 aliphatic carbocycles. The standard InChI is InChI=1S/C11H19N3O2S/c1-7-4-3-5-9-10(8(2)6-7)11(12)14-17(15,16)13-9/h7-8,13H,3-6H2,1-2H3,(H2,12,14). The third-order valence-electron chi connectivity index (χ3n) is 3.44. The molecule has 17 heavy (non-hydrogen) atoms. The van der Waals surface area contributed by atoms with E-state index in [0.717, 1.165) is 37.0 Å². The van der Waals surface area contributed by atoms with Crippen molar-refractivity contribution in [2.75, 3.05) is 0 Å². The number of allylic oxidation sites excluding steroid dienone is 1. The summed E-state index contributed by atoms with van der Waals surface area (Å²) in [4.78, 5) is 0. The molecular weight excluding hydrogens is 238 g/mol. The lowest BCUT2D eigenvalue weighted by Gasteiger charge is -2.28. The molecule has 2 unspecified atom stereocenters. The van der Waals surface area contributed by atoms with Gasteiger partial charge in [0.05, 0.1) is 0 Å². The first-order chi connectivity index (χ1) is 7.89. The molecule has 1 aliphatic heterocycles. The summed E-state index contributed by atoms with van der Waals surface area (Å²) in [6.07, 6.45) is 3.87. The van der Waals surface area contributed by atoms with Crippen molar-refractivity contribution in [1.82, 2.24) is 4.72 Å². The zero-order valence-electron chi connectivity index (χ0n) is 10.2. The Morgan fingerprint density at radius 3 is 2.82 bits per heavy atom. The molecule has 2 atom stereocenters. The maximum Gasteiger partial charge on any atom is 0.343 e. The largest absolute Gasteiger partial charge is 0.383 e. The molecule has 1 heterocycles. The minimum atomic E-state index is -3.61. The van der Waals surface area contributed by atoms with E-state index in [4.69, 9.17) is 5.73 Å². The third kappa shape index (κ3) is 2.62. The second-order valence-corrected chi connectivity index (χ2v) is 6.42. The minimum Gasteiger partial charge on any atom is -0.383 e. The van der Waals surface area contributed by atoms with Crippen molar-refractivity contribution < 1.29 is 8.42 Å². The van der Waals surface area contributed by atoms with Gasteiger partial charge in [-0.3, -0.25) is 4.72 Å². The predicted molar refractivity (Wildman–Crippen MR) is 67.5 cm³/mol. The van der Waals surface area contributed by atoms with E-state index in [1.165, 1.54) is 0 Å². The Balaban J connectivity index is 2.41. The summed E-state index contributed by atoms with van der Waals surface area (Å²) in [6.45, 7) is 4.31. The van der Waals surface area contributed by atoms with Gasteiger partial charge in [-0.25, -0.2) is 0 Å². The van der Waals surface area contributed by atoms with Gasteiger partial charge in [-0.2, -0.15) is 8.42 Å². The van der Waals surface area contributed by atoms with E-state index in [2.05, 4.69) is 23.0 Å². The summed E-state index contributed by atoms with van der Waals surface area (Å²) in [5.41, 5.74) is 7.44. The maximum absolute atomic E-state index is 11.5. The zero-order chi connectivity index (χ0) is 12.6. The van der Waals surface area contributed by atoms with Crippen LogP contribution < -0.4 is 10.5 Å². The molecule has 2 aliphatic rings. The third-order valence-corrected chi connectivity index (χ3v) is 4.39. The van der Waals surface area contributed by atoms with E-state index in [1.54, 1.807) is 0 Å². The number of amidine groups is 1. The second-order valence-electron chi connectivity index (χ2n) is 5.08. The summed E-state index contributed by atoms with van der Waals surface area (Å²) < 4.78 is 29.0. The Hall–Kier alpha value is -1.04. The second kappa shape index (κ2) is 4.33. The topological polar surface area (TPSA) is 84.5 Å². The van der Waals surface area contributed by atoms with Gasteiger partial charge in [-0.05, 0) is 31.1 Å². The molecule has 0 saturated heterocycles. The van der Waals surface area contributed by atoms with E-state index in [9.17, 15) is 8.42 Å². The molecule has 0 amide bonds. The van der Waals surface area contributed by atoms with Crippen LogP contribution in [0.1, 0.15) is 39.5 Å². The minimum absolute atomic E-state index is 0.167. The molecule has 6 heteroatoms. The quantitative estimate of drug-likeness (QED) is 0.686. The molecule has 0 aromatic heterocycles. The highest BCUT2D eigenvalue weighted by molar-refractivity contribution is 7.88. The van der Waals surface area contributed by atoms with E-state index in [1.807, 2.05) is 0 Å². The van der Waals surface area contributed by atoms with Crippen molar-refractivity contribution in [3.8, 4) is 0 Å². The average Bonchev–Trinajstić information content (AvgIpc) is 2.12. The van der Waals surface area contributed by atoms with E-state index in [-0.39, 0.29) is 11.8 Å². The van der Waals surface area contributed by atoms with Crippen LogP contribution in [0.3, 0.4) is 0 Å². The molecule has 2 rings (SSSR count). The maximum atomic E-state index is 11.5. The number of nitrogens with one attached hydrogen (secondary N) is 1. The van der Waals surface area contributed by atoms with Crippen molar-refractivity contribution >= 4 is 16.0 Å². The molecule has 0 saturated carbocycles. The van der Waals surface area contributed by atoms with Crippen LogP contribution in [-0.4, -0.2) is 14.3 Å². The fraction of sp³-hybridized carbons (Fsp3) is 0.727. The molecule has 0 aromatic rings. The molecule has 96 valence electrons. The number of nitrogens with zero attached hydrogens (tertiary/aromatic N) is 1. The number of hydrogen-bond acceptors (Lipinski definition) is 3. The molecule has 5 nitrogen and oxygen atoms in total. The Bertz CT molecular complexity index is 479. The van der Waals surface area contributed by atoms with Crippen LogP contribution in [0, 0.1) is 11.8 Å². The smallest absolute Gasteiger partial charge is 0.343 e. The van der Waals surface area contributed by atoms with Gasteiger partial charge in [-0.1, -0.05) is 20.3 Å². The van der Waals surface area contributed by atoms with Crippen molar-refractivity contribution in [3.63, 3.8) is 0 Å². The Morgan fingerprint density at radius 1 is 1.41 bits per heavy atom. The van der Waals surface area contributed by atoms with Crippen LogP contribution in [0.15, 0.2) is 15.7 Å². The first kappa shape index (κ1) is 12.4. The Kier molecular flexibility index (Phi) is 3.16. The summed E-state index contributed by atoms with van der Waals surface area (Å²) in [7, 11) is -3.61. The van der Waals surface area contributed by atoms with Gasteiger partial charge in [0.1, 0.15) is 5.84 Å². The van der Waals surface area contributed by atoms with Crippen molar-refractivity contribution in [3.05, 3.63) is 11.3 Å². The highest BCUT2D eigenvalue weighted by atomic mass is 32.2. The fourth-order valence-corrected chi connectivity index (χ4v) is 3.70. The lowest BCUT2D eigenvalue weighted by molar-refractivity contribution is 0.405. The van der Waals surface area contributed by atoms with Crippen molar-refractivity contribution in [1.29, 1.82) is 0 Å². The monoisotopic (exact) mass is 257 g/mol. The molecule has 0 fully saturated rings. The molecular formula is C11H19N3O2S. The molecule has 0 radical (unpaired) electrons. The highest BCUT2D eigenvalue weighted by Crippen LogP contribution is 2.31. The summed E-state index contributed by atoms with van der Waals surface area (Å²) in [5, 5.41) is 0. The van der Waals surface area contributed by atoms with Gasteiger partial charge in [0, 0.05) is 11.3 Å². The zero-order valence-corrected chi connectivity index (χ0v) is 11.0. The highest BCUT2D eigenvalue weighted by Gasteiger charge is 2.29. The predicted octanol–water partition coefficient (Wildman–Crippen LogP) is 1.29. The summed E-state index contributed by atoms with van der Waals surface area (Å²) in [5.74, 6) is 1.07. The van der Waals surface area contributed by atoms with E-state index < -0.39 is 10.2 Å². The molecule has 0 aromatic carbocycles. The van der Waals surface area contributed by atoms with Gasteiger partial charge < -0.3 is 5.73 Å². The number of nitrogens with two attached hydrogens (primary N) is 1. The van der Waals surface area contributed by atoms with Crippen LogP contribution in [0.2, 0.25) is 0 Å². The average molecular weight is 257 g/mol. The molecule has 0 bridgehead atoms. The van der Waals surface area contributed by atoms with Gasteiger partial charge in [0.25, 0.3) is 0 Å². The SMILES string of the molecule is CC1CCCC2=C(C(N)=NS(=O)(=O)N2)C(C)C1. The number of hydrogen-bond donors (Lipinski definition) is 2. The normalized spacial score (nSPS) is 32.9. The van der Waals surface area contributed by atoms with Crippen LogP contribution >= 0.6 is 0 Å². The number of rotatable bonds is 0. The van der Waals surface area contributed by atoms with Gasteiger partial charge in [0.15, 0.2) is 0 Å². The Labute approximate surface area is 102 Å². The van der Waals surface area contributed by atoms with E-state index >= 15 is 0 Å². The summed E-state index contributed by atoms with van der Waals surface area (Å²) >= 11 is 0. The lowest BCUT2D eigenvalue weighted by atomic mass is 9.83. The summed E-state index contributed by atoms with van der Waals surface area (Å²) in [6, 6.07) is 0. The first-order valence-corrected chi connectivity index (χ1v) is 7.44. The fourth-order valence-electron chi connectivity index (χ4n) is 2.77. The Morgan fingerprint density at radius 2 is 2.12 bits per heavy atom. The van der Waals surface area contributed by atoms with E-state index in [0.29, 0.717) is 5.92 Å². The van der Waals surface area contributed by atoms with Crippen LogP contribution in [0.5, 0.6) is 0 Å². The molecule has 0 spiro atoms.